The van der Waals surface area contributed by atoms with Crippen molar-refractivity contribution in [1.82, 2.24) is 9.03 Å². The summed E-state index contributed by atoms with van der Waals surface area (Å²) < 4.78 is 51.9. The minimum Gasteiger partial charge on any atom is -0.481 e. The van der Waals surface area contributed by atoms with Gasteiger partial charge in [0.1, 0.15) is 9.79 Å². The molecule has 0 aliphatic rings. The van der Waals surface area contributed by atoms with Crippen molar-refractivity contribution in [3.63, 3.8) is 0 Å². The van der Waals surface area contributed by atoms with Gasteiger partial charge in [-0.05, 0) is 18.6 Å². The zero-order chi connectivity index (χ0) is 17.0. The largest absolute Gasteiger partial charge is 0.481 e. The molecule has 1 aromatic carbocycles. The van der Waals surface area contributed by atoms with Crippen LogP contribution < -0.4 is 4.72 Å². The third kappa shape index (κ3) is 4.50. The molecule has 0 unspecified atom stereocenters. The van der Waals surface area contributed by atoms with Crippen LogP contribution in [-0.2, 0) is 24.8 Å². The molecule has 0 bridgehead atoms. The summed E-state index contributed by atoms with van der Waals surface area (Å²) in [5.41, 5.74) is 0. The van der Waals surface area contributed by atoms with Gasteiger partial charge < -0.3 is 5.11 Å². The number of hydrogen-bond acceptors (Lipinski definition) is 5. The Bertz CT molecular complexity index is 741. The smallest absolute Gasteiger partial charge is 0.303 e. The van der Waals surface area contributed by atoms with Crippen molar-refractivity contribution in [1.29, 1.82) is 0 Å². The van der Waals surface area contributed by atoms with Crippen molar-refractivity contribution in [3.8, 4) is 0 Å². The number of benzene rings is 1. The fraction of sp³-hybridized carbons (Fsp3) is 0.417. The first kappa shape index (κ1) is 18.6. The van der Waals surface area contributed by atoms with E-state index in [1.54, 1.807) is 0 Å². The Hall–Kier alpha value is -1.49. The summed E-state index contributed by atoms with van der Waals surface area (Å²) in [6.45, 7) is -0.0923. The van der Waals surface area contributed by atoms with Gasteiger partial charge in [0.05, 0.1) is 0 Å². The van der Waals surface area contributed by atoms with Gasteiger partial charge in [-0.3, -0.25) is 4.79 Å². The van der Waals surface area contributed by atoms with Crippen molar-refractivity contribution in [2.45, 2.75) is 22.6 Å². The summed E-state index contributed by atoms with van der Waals surface area (Å²) in [5, 5.41) is 8.51. The average molecular weight is 350 g/mol. The second-order valence-electron chi connectivity index (χ2n) is 4.63. The number of hydrogen-bond donors (Lipinski definition) is 2. The van der Waals surface area contributed by atoms with Crippen LogP contribution in [0.4, 0.5) is 0 Å². The Morgan fingerprint density at radius 2 is 1.68 bits per heavy atom. The summed E-state index contributed by atoms with van der Waals surface area (Å²) in [5.74, 6) is -1.03. The second-order valence-corrected chi connectivity index (χ2v) is 8.48. The standard InChI is InChI=1S/C12H18N2O6S2/c1-14(2)22(19,20)11-7-4-3-6-10(11)21(17,18)13-9-5-8-12(15)16/h3-4,6-7,13H,5,8-9H2,1-2H3,(H,15,16). The molecule has 124 valence electrons. The molecule has 2 N–H and O–H groups in total. The Kier molecular flexibility index (Phi) is 6.06. The molecule has 0 spiro atoms. The maximum Gasteiger partial charge on any atom is 0.303 e. The molecular formula is C12H18N2O6S2. The normalized spacial score (nSPS) is 12.5. The van der Waals surface area contributed by atoms with Crippen LogP contribution in [-0.4, -0.2) is 52.9 Å². The van der Waals surface area contributed by atoms with E-state index in [-0.39, 0.29) is 29.2 Å². The van der Waals surface area contributed by atoms with Crippen molar-refractivity contribution in [2.24, 2.45) is 0 Å². The van der Waals surface area contributed by atoms with Crippen LogP contribution in [0.3, 0.4) is 0 Å². The minimum absolute atomic E-state index is 0.0923. The molecule has 0 aliphatic heterocycles. The Morgan fingerprint density at radius 1 is 1.14 bits per heavy atom. The third-order valence-electron chi connectivity index (χ3n) is 2.76. The first-order valence-corrected chi connectivity index (χ1v) is 9.24. The predicted octanol–water partition coefficient (Wildman–Crippen LogP) is 0.0800. The number of carboxylic acids is 1. The van der Waals surface area contributed by atoms with Gasteiger partial charge in [-0.1, -0.05) is 12.1 Å². The van der Waals surface area contributed by atoms with Gasteiger partial charge in [-0.2, -0.15) is 0 Å². The lowest BCUT2D eigenvalue weighted by atomic mass is 10.3. The molecule has 0 radical (unpaired) electrons. The second kappa shape index (κ2) is 7.18. The number of carboxylic acid groups (broad SMARTS) is 1. The molecule has 0 atom stereocenters. The number of sulfonamides is 2. The van der Waals surface area contributed by atoms with Crippen LogP contribution >= 0.6 is 0 Å². The molecule has 1 aromatic rings. The van der Waals surface area contributed by atoms with Gasteiger partial charge >= 0.3 is 5.97 Å². The maximum absolute atomic E-state index is 12.2. The Labute approximate surface area is 129 Å². The minimum atomic E-state index is -4.05. The van der Waals surface area contributed by atoms with Crippen LogP contribution in [0.1, 0.15) is 12.8 Å². The van der Waals surface area contributed by atoms with Crippen LogP contribution in [0.2, 0.25) is 0 Å². The lowest BCUT2D eigenvalue weighted by Crippen LogP contribution is -2.29. The fourth-order valence-corrected chi connectivity index (χ4v) is 4.38. The number of nitrogens with zero attached hydrogens (tertiary/aromatic N) is 1. The monoisotopic (exact) mass is 350 g/mol. The highest BCUT2D eigenvalue weighted by molar-refractivity contribution is 7.92. The number of rotatable bonds is 8. The average Bonchev–Trinajstić information content (AvgIpc) is 2.43. The van der Waals surface area contributed by atoms with E-state index >= 15 is 0 Å². The van der Waals surface area contributed by atoms with E-state index in [9.17, 15) is 21.6 Å². The first-order valence-electron chi connectivity index (χ1n) is 6.32. The number of aliphatic carboxylic acids is 1. The zero-order valence-corrected chi connectivity index (χ0v) is 13.8. The lowest BCUT2D eigenvalue weighted by molar-refractivity contribution is -0.137. The van der Waals surface area contributed by atoms with Gasteiger partial charge in [0.25, 0.3) is 0 Å². The van der Waals surface area contributed by atoms with Gasteiger partial charge in [-0.15, -0.1) is 0 Å². The van der Waals surface area contributed by atoms with Gasteiger partial charge in [0.15, 0.2) is 0 Å². The van der Waals surface area contributed by atoms with E-state index in [1.807, 2.05) is 0 Å². The zero-order valence-electron chi connectivity index (χ0n) is 12.2. The van der Waals surface area contributed by atoms with Gasteiger partial charge in [-0.25, -0.2) is 25.9 Å². The first-order chi connectivity index (χ1) is 10.1. The third-order valence-corrected chi connectivity index (χ3v) is 6.28. The quantitative estimate of drug-likeness (QED) is 0.641. The van der Waals surface area contributed by atoms with Crippen LogP contribution in [0.15, 0.2) is 34.1 Å². The van der Waals surface area contributed by atoms with Crippen molar-refractivity contribution < 1.29 is 26.7 Å². The molecule has 1 rings (SSSR count). The lowest BCUT2D eigenvalue weighted by Gasteiger charge is -2.15. The van der Waals surface area contributed by atoms with Gasteiger partial charge in [0.2, 0.25) is 20.0 Å². The van der Waals surface area contributed by atoms with E-state index in [0.717, 1.165) is 4.31 Å². The molecule has 0 amide bonds. The van der Waals surface area contributed by atoms with E-state index < -0.39 is 26.0 Å². The molecule has 8 nitrogen and oxygen atoms in total. The Balaban J connectivity index is 3.09. The summed E-state index contributed by atoms with van der Waals surface area (Å²) in [6.07, 6.45) is -0.0721. The summed E-state index contributed by atoms with van der Waals surface area (Å²) in [6, 6.07) is 5.25. The highest BCUT2D eigenvalue weighted by Gasteiger charge is 2.27. The van der Waals surface area contributed by atoms with E-state index in [1.165, 1.54) is 38.4 Å². The van der Waals surface area contributed by atoms with Crippen molar-refractivity contribution in [2.75, 3.05) is 20.6 Å². The number of carbonyl (C=O) groups is 1. The maximum atomic E-state index is 12.2. The molecule has 0 aliphatic carbocycles. The van der Waals surface area contributed by atoms with Gasteiger partial charge in [0, 0.05) is 27.1 Å². The van der Waals surface area contributed by atoms with E-state index in [0.29, 0.717) is 0 Å². The molecule has 0 saturated carbocycles. The highest BCUT2D eigenvalue weighted by atomic mass is 32.2. The highest BCUT2D eigenvalue weighted by Crippen LogP contribution is 2.22. The summed E-state index contributed by atoms with van der Waals surface area (Å²) in [7, 11) is -5.36. The molecular weight excluding hydrogens is 332 g/mol. The Morgan fingerprint density at radius 3 is 2.18 bits per heavy atom. The molecule has 10 heteroatoms. The van der Waals surface area contributed by atoms with Crippen molar-refractivity contribution in [3.05, 3.63) is 24.3 Å². The topological polar surface area (TPSA) is 121 Å². The van der Waals surface area contributed by atoms with Crippen LogP contribution in [0.5, 0.6) is 0 Å². The summed E-state index contributed by atoms with van der Waals surface area (Å²) >= 11 is 0. The van der Waals surface area contributed by atoms with Crippen molar-refractivity contribution >= 4 is 26.0 Å². The van der Waals surface area contributed by atoms with E-state index in [2.05, 4.69) is 4.72 Å². The molecule has 0 fully saturated rings. The molecule has 0 aromatic heterocycles. The molecule has 0 saturated heterocycles. The van der Waals surface area contributed by atoms with E-state index in [4.69, 9.17) is 5.11 Å². The summed E-state index contributed by atoms with van der Waals surface area (Å²) in [4.78, 5) is 9.70. The molecule has 22 heavy (non-hydrogen) atoms. The molecule has 0 heterocycles. The predicted molar refractivity (Wildman–Crippen MR) is 79.4 cm³/mol. The fourth-order valence-electron chi connectivity index (χ4n) is 1.61. The van der Waals surface area contributed by atoms with Crippen LogP contribution in [0.25, 0.3) is 0 Å². The van der Waals surface area contributed by atoms with Crippen LogP contribution in [0, 0.1) is 0 Å². The number of nitrogens with one attached hydrogen (secondary N) is 1. The SMILES string of the molecule is CN(C)S(=O)(=O)c1ccccc1S(=O)(=O)NCCCC(=O)O.